The first-order chi connectivity index (χ1) is 15.0. The van der Waals surface area contributed by atoms with Crippen LogP contribution in [0, 0.1) is 0 Å². The molecule has 1 atom stereocenters. The van der Waals surface area contributed by atoms with Crippen LogP contribution < -0.4 is 14.8 Å². The van der Waals surface area contributed by atoms with Crippen LogP contribution in [0.15, 0.2) is 70.9 Å². The topological polar surface area (TPSA) is 69.2 Å². The molecule has 0 aliphatic carbocycles. The molecule has 1 aliphatic rings. The van der Waals surface area contributed by atoms with E-state index in [1.165, 1.54) is 0 Å². The van der Waals surface area contributed by atoms with Crippen LogP contribution in [0.1, 0.15) is 37.9 Å². The molecule has 0 amide bonds. The summed E-state index contributed by atoms with van der Waals surface area (Å²) in [7, 11) is 1.64. The highest BCUT2D eigenvalue weighted by atomic mass is 16.5. The lowest BCUT2D eigenvalue weighted by Gasteiger charge is -2.25. The summed E-state index contributed by atoms with van der Waals surface area (Å²) in [5.41, 5.74) is 3.09. The first kappa shape index (κ1) is 22.2. The largest absolute Gasteiger partial charge is 0.497 e. The van der Waals surface area contributed by atoms with Gasteiger partial charge in [0.15, 0.2) is 0 Å². The highest BCUT2D eigenvalue weighted by molar-refractivity contribution is 6.02. The molecule has 1 aliphatic heterocycles. The van der Waals surface area contributed by atoms with Crippen LogP contribution in [0.5, 0.6) is 11.5 Å². The van der Waals surface area contributed by atoms with Gasteiger partial charge in [0.25, 0.3) is 0 Å². The molecule has 2 aromatic rings. The monoisotopic (exact) mass is 420 g/mol. The molecule has 1 heterocycles. The van der Waals surface area contributed by atoms with Crippen molar-refractivity contribution < 1.29 is 19.0 Å². The molecule has 0 aromatic heterocycles. The lowest BCUT2D eigenvalue weighted by molar-refractivity contribution is -0.138. The maximum absolute atomic E-state index is 12.7. The van der Waals surface area contributed by atoms with Crippen molar-refractivity contribution in [3.8, 4) is 11.5 Å². The van der Waals surface area contributed by atoms with Crippen molar-refractivity contribution in [2.24, 2.45) is 4.99 Å². The number of esters is 1. The van der Waals surface area contributed by atoms with Crippen LogP contribution in [0.25, 0.3) is 6.08 Å². The van der Waals surface area contributed by atoms with E-state index < -0.39 is 6.04 Å². The van der Waals surface area contributed by atoms with E-state index in [1.807, 2.05) is 74.5 Å². The molecule has 1 N–H and O–H groups in total. The summed E-state index contributed by atoms with van der Waals surface area (Å²) in [6.45, 7) is 6.46. The van der Waals surface area contributed by atoms with Gasteiger partial charge in [-0.15, -0.1) is 0 Å². The Hall–Kier alpha value is -3.54. The van der Waals surface area contributed by atoms with Crippen LogP contribution in [-0.4, -0.2) is 32.1 Å². The van der Waals surface area contributed by atoms with Crippen molar-refractivity contribution in [3.63, 3.8) is 0 Å². The van der Waals surface area contributed by atoms with Gasteiger partial charge in [0.05, 0.1) is 25.9 Å². The third-order valence-electron chi connectivity index (χ3n) is 4.79. The van der Waals surface area contributed by atoms with Gasteiger partial charge in [0.2, 0.25) is 0 Å². The van der Waals surface area contributed by atoms with E-state index in [9.17, 15) is 4.79 Å². The predicted octanol–water partition coefficient (Wildman–Crippen LogP) is 4.69. The van der Waals surface area contributed by atoms with Gasteiger partial charge in [-0.2, -0.15) is 0 Å². The molecule has 6 heteroatoms. The fraction of sp³-hybridized carbons (Fsp3) is 0.280. The Kier molecular flexibility index (Phi) is 7.49. The second kappa shape index (κ2) is 10.5. The third-order valence-corrected chi connectivity index (χ3v) is 4.79. The van der Waals surface area contributed by atoms with Gasteiger partial charge in [0, 0.05) is 5.70 Å². The molecule has 0 radical (unpaired) electrons. The number of carbonyl (C=O) groups excluding carboxylic acids is 1. The van der Waals surface area contributed by atoms with Crippen molar-refractivity contribution in [1.29, 1.82) is 0 Å². The zero-order valence-electron chi connectivity index (χ0n) is 18.3. The second-order valence-corrected chi connectivity index (χ2v) is 6.91. The lowest BCUT2D eigenvalue weighted by atomic mass is 9.95. The number of ether oxygens (including phenoxy) is 3. The van der Waals surface area contributed by atoms with Gasteiger partial charge in [-0.1, -0.05) is 30.3 Å². The maximum Gasteiger partial charge on any atom is 0.338 e. The predicted molar refractivity (Wildman–Crippen MR) is 122 cm³/mol. The average Bonchev–Trinajstić information content (AvgIpc) is 2.78. The van der Waals surface area contributed by atoms with Crippen molar-refractivity contribution in [1.82, 2.24) is 5.32 Å². The SMILES string of the molecule is CCOC(=O)C1=C(C)NC(/C=C/c2ccc(OC)cc2)=NC1c1cccc(OCC)c1. The summed E-state index contributed by atoms with van der Waals surface area (Å²) < 4.78 is 16.1. The zero-order valence-corrected chi connectivity index (χ0v) is 18.3. The Labute approximate surface area is 183 Å². The number of hydrogen-bond acceptors (Lipinski definition) is 6. The van der Waals surface area contributed by atoms with Gasteiger partial charge in [-0.25, -0.2) is 4.79 Å². The molecule has 0 fully saturated rings. The molecule has 0 saturated heterocycles. The van der Waals surface area contributed by atoms with Crippen LogP contribution in [0.3, 0.4) is 0 Å². The first-order valence-electron chi connectivity index (χ1n) is 10.3. The van der Waals surface area contributed by atoms with Gasteiger partial charge in [-0.3, -0.25) is 4.99 Å². The number of nitrogens with zero attached hydrogens (tertiary/aromatic N) is 1. The highest BCUT2D eigenvalue weighted by Gasteiger charge is 2.30. The number of aliphatic imine (C=N–C) groups is 1. The molecule has 2 aromatic carbocycles. The third kappa shape index (κ3) is 5.54. The molecule has 162 valence electrons. The summed E-state index contributed by atoms with van der Waals surface area (Å²) in [5.74, 6) is 1.83. The molecule has 0 bridgehead atoms. The number of rotatable bonds is 8. The van der Waals surface area contributed by atoms with E-state index in [2.05, 4.69) is 5.32 Å². The van der Waals surface area contributed by atoms with Crippen LogP contribution in [0.4, 0.5) is 0 Å². The molecular weight excluding hydrogens is 392 g/mol. The van der Waals surface area contributed by atoms with Crippen molar-refractivity contribution in [2.45, 2.75) is 26.8 Å². The van der Waals surface area contributed by atoms with Gasteiger partial charge >= 0.3 is 5.97 Å². The Morgan fingerprint density at radius 3 is 2.52 bits per heavy atom. The second-order valence-electron chi connectivity index (χ2n) is 6.91. The number of methoxy groups -OCH3 is 1. The van der Waals surface area contributed by atoms with E-state index in [0.717, 1.165) is 28.3 Å². The minimum Gasteiger partial charge on any atom is -0.497 e. The summed E-state index contributed by atoms with van der Waals surface area (Å²) in [6, 6.07) is 14.9. The maximum atomic E-state index is 12.7. The number of hydrogen-bond donors (Lipinski definition) is 1. The fourth-order valence-corrected chi connectivity index (χ4v) is 3.33. The molecular formula is C25H28N2O4. The van der Waals surface area contributed by atoms with Crippen LogP contribution in [-0.2, 0) is 9.53 Å². The molecule has 0 saturated carbocycles. The van der Waals surface area contributed by atoms with Crippen molar-refractivity contribution in [2.75, 3.05) is 20.3 Å². The van der Waals surface area contributed by atoms with E-state index in [-0.39, 0.29) is 5.97 Å². The summed E-state index contributed by atoms with van der Waals surface area (Å²) in [6.07, 6.45) is 3.86. The number of carbonyl (C=O) groups is 1. The Bertz CT molecular complexity index is 1010. The molecule has 31 heavy (non-hydrogen) atoms. The normalized spacial score (nSPS) is 16.0. The van der Waals surface area contributed by atoms with Crippen LogP contribution >= 0.6 is 0 Å². The standard InChI is InChI=1S/C25H28N2O4/c1-5-30-21-9-7-8-19(16-21)24-23(25(28)31-6-2)17(3)26-22(27-24)15-12-18-10-13-20(29-4)14-11-18/h7-16,24H,5-6H2,1-4H3,(H,26,27)/b15-12+. The Balaban J connectivity index is 1.95. The smallest absolute Gasteiger partial charge is 0.338 e. The summed E-state index contributed by atoms with van der Waals surface area (Å²) >= 11 is 0. The highest BCUT2D eigenvalue weighted by Crippen LogP contribution is 2.33. The number of nitrogens with one attached hydrogen (secondary N) is 1. The van der Waals surface area contributed by atoms with E-state index >= 15 is 0 Å². The number of benzene rings is 2. The Morgan fingerprint density at radius 1 is 1.06 bits per heavy atom. The molecule has 6 nitrogen and oxygen atoms in total. The molecule has 1 unspecified atom stereocenters. The quantitative estimate of drug-likeness (QED) is 0.628. The minimum absolute atomic E-state index is 0.301. The minimum atomic E-state index is -0.490. The van der Waals surface area contributed by atoms with Crippen molar-refractivity contribution >= 4 is 17.9 Å². The zero-order chi connectivity index (χ0) is 22.2. The summed E-state index contributed by atoms with van der Waals surface area (Å²) in [4.78, 5) is 17.5. The summed E-state index contributed by atoms with van der Waals surface area (Å²) in [5, 5.41) is 3.22. The van der Waals surface area contributed by atoms with Gasteiger partial charge in [0.1, 0.15) is 23.4 Å². The van der Waals surface area contributed by atoms with Gasteiger partial charge < -0.3 is 19.5 Å². The van der Waals surface area contributed by atoms with Gasteiger partial charge in [-0.05, 0) is 62.2 Å². The Morgan fingerprint density at radius 2 is 1.84 bits per heavy atom. The van der Waals surface area contributed by atoms with E-state index in [0.29, 0.717) is 24.6 Å². The van der Waals surface area contributed by atoms with Crippen molar-refractivity contribution in [3.05, 3.63) is 77.0 Å². The molecule has 0 spiro atoms. The fourth-order valence-electron chi connectivity index (χ4n) is 3.33. The number of amidine groups is 1. The first-order valence-corrected chi connectivity index (χ1v) is 10.3. The number of allylic oxidation sites excluding steroid dienone is 1. The van der Waals surface area contributed by atoms with Crippen LogP contribution in [0.2, 0.25) is 0 Å². The lowest BCUT2D eigenvalue weighted by Crippen LogP contribution is -2.31. The van der Waals surface area contributed by atoms with E-state index in [4.69, 9.17) is 19.2 Å². The van der Waals surface area contributed by atoms with E-state index in [1.54, 1.807) is 14.0 Å². The molecule has 3 rings (SSSR count). The average molecular weight is 421 g/mol.